The molecule has 118 valence electrons. The first-order valence-electron chi connectivity index (χ1n) is 7.18. The molecule has 0 aliphatic heterocycles. The second-order valence-corrected chi connectivity index (χ2v) is 6.70. The molecule has 0 bridgehead atoms. The number of aromatic nitrogens is 1. The molecule has 6 heteroatoms. The van der Waals surface area contributed by atoms with Gasteiger partial charge in [-0.25, -0.2) is 0 Å². The molecule has 0 aromatic carbocycles. The first kappa shape index (κ1) is 17.0. The van der Waals surface area contributed by atoms with E-state index in [9.17, 15) is 9.90 Å². The summed E-state index contributed by atoms with van der Waals surface area (Å²) >= 11 is 3.12. The maximum Gasteiger partial charge on any atom is 0.233 e. The fourth-order valence-electron chi connectivity index (χ4n) is 2.11. The van der Waals surface area contributed by atoms with Crippen LogP contribution in [0.15, 0.2) is 46.2 Å². The molecule has 0 spiro atoms. The van der Waals surface area contributed by atoms with Crippen molar-refractivity contribution in [2.24, 2.45) is 0 Å². The van der Waals surface area contributed by atoms with Crippen LogP contribution in [-0.2, 0) is 11.3 Å². The van der Waals surface area contributed by atoms with E-state index in [2.05, 4.69) is 4.98 Å². The highest BCUT2D eigenvalue weighted by Gasteiger charge is 2.22. The van der Waals surface area contributed by atoms with Crippen LogP contribution >= 0.6 is 23.1 Å². The average molecular weight is 336 g/mol. The normalized spacial score (nSPS) is 12.1. The van der Waals surface area contributed by atoms with Crippen molar-refractivity contribution in [2.45, 2.75) is 30.8 Å². The Bertz CT molecular complexity index is 557. The van der Waals surface area contributed by atoms with Gasteiger partial charge in [0.1, 0.15) is 0 Å². The van der Waals surface area contributed by atoms with Crippen molar-refractivity contribution in [3.63, 3.8) is 0 Å². The van der Waals surface area contributed by atoms with Crippen molar-refractivity contribution in [3.05, 3.63) is 46.9 Å². The van der Waals surface area contributed by atoms with Crippen LogP contribution in [0.5, 0.6) is 0 Å². The molecule has 22 heavy (non-hydrogen) atoms. The van der Waals surface area contributed by atoms with Gasteiger partial charge in [0.2, 0.25) is 5.91 Å². The standard InChI is InChI=1S/C16H20N2O2S2/c1-2-14(10-19)18(9-13-5-8-21-11-13)16(20)12-22-15-3-6-17-7-4-15/h3-8,11,14,19H,2,9-10,12H2,1H3/t14-/m0/s1. The summed E-state index contributed by atoms with van der Waals surface area (Å²) in [7, 11) is 0. The number of thiophene rings is 1. The molecule has 0 saturated carbocycles. The number of carbonyl (C=O) groups is 1. The lowest BCUT2D eigenvalue weighted by Gasteiger charge is -2.29. The van der Waals surface area contributed by atoms with Gasteiger partial charge >= 0.3 is 0 Å². The largest absolute Gasteiger partial charge is 0.394 e. The zero-order valence-electron chi connectivity index (χ0n) is 12.5. The van der Waals surface area contributed by atoms with Crippen molar-refractivity contribution >= 4 is 29.0 Å². The molecule has 0 aliphatic rings. The van der Waals surface area contributed by atoms with Crippen LogP contribution in [-0.4, -0.2) is 39.3 Å². The minimum absolute atomic E-state index is 0.00764. The van der Waals surface area contributed by atoms with Crippen molar-refractivity contribution in [1.82, 2.24) is 9.88 Å². The van der Waals surface area contributed by atoms with E-state index in [0.29, 0.717) is 12.3 Å². The summed E-state index contributed by atoms with van der Waals surface area (Å²) in [6.07, 6.45) is 4.18. The molecular formula is C16H20N2O2S2. The fourth-order valence-corrected chi connectivity index (χ4v) is 3.54. The van der Waals surface area contributed by atoms with Gasteiger partial charge in [-0.15, -0.1) is 11.8 Å². The Balaban J connectivity index is 2.01. The highest BCUT2D eigenvalue weighted by atomic mass is 32.2. The summed E-state index contributed by atoms with van der Waals surface area (Å²) in [5.74, 6) is 0.416. The van der Waals surface area contributed by atoms with Gasteiger partial charge in [0.05, 0.1) is 18.4 Å². The minimum atomic E-state index is -0.134. The monoisotopic (exact) mass is 336 g/mol. The van der Waals surface area contributed by atoms with E-state index in [0.717, 1.165) is 16.9 Å². The molecule has 2 heterocycles. The number of pyridine rings is 1. The zero-order chi connectivity index (χ0) is 15.8. The molecule has 0 saturated heterocycles. The molecule has 0 aliphatic carbocycles. The van der Waals surface area contributed by atoms with Gasteiger partial charge in [-0.1, -0.05) is 6.92 Å². The van der Waals surface area contributed by atoms with Gasteiger partial charge < -0.3 is 10.0 Å². The highest BCUT2D eigenvalue weighted by Crippen LogP contribution is 2.20. The van der Waals surface area contributed by atoms with E-state index in [-0.39, 0.29) is 18.6 Å². The molecule has 4 nitrogen and oxygen atoms in total. The van der Waals surface area contributed by atoms with E-state index >= 15 is 0 Å². The van der Waals surface area contributed by atoms with Crippen LogP contribution in [0.1, 0.15) is 18.9 Å². The number of hydrogen-bond acceptors (Lipinski definition) is 5. The predicted octanol–water partition coefficient (Wildman–Crippen LogP) is 3.03. The maximum atomic E-state index is 12.6. The molecule has 0 unspecified atom stereocenters. The number of rotatable bonds is 8. The number of hydrogen-bond donors (Lipinski definition) is 1. The first-order chi connectivity index (χ1) is 10.7. The van der Waals surface area contributed by atoms with Crippen LogP contribution in [0.2, 0.25) is 0 Å². The Morgan fingerprint density at radius 1 is 1.41 bits per heavy atom. The molecular weight excluding hydrogens is 316 g/mol. The molecule has 2 rings (SSSR count). The van der Waals surface area contributed by atoms with Crippen LogP contribution in [0.25, 0.3) is 0 Å². The second-order valence-electron chi connectivity index (χ2n) is 4.87. The minimum Gasteiger partial charge on any atom is -0.394 e. The molecule has 1 amide bonds. The van der Waals surface area contributed by atoms with Crippen molar-refractivity contribution < 1.29 is 9.90 Å². The third-order valence-corrected chi connectivity index (χ3v) is 5.12. The van der Waals surface area contributed by atoms with Crippen LogP contribution in [0.4, 0.5) is 0 Å². The lowest BCUT2D eigenvalue weighted by Crippen LogP contribution is -2.42. The zero-order valence-corrected chi connectivity index (χ0v) is 14.1. The number of thioether (sulfide) groups is 1. The average Bonchev–Trinajstić information content (AvgIpc) is 3.07. The predicted molar refractivity (Wildman–Crippen MR) is 91.0 cm³/mol. The van der Waals surface area contributed by atoms with E-state index in [1.54, 1.807) is 28.6 Å². The maximum absolute atomic E-state index is 12.6. The van der Waals surface area contributed by atoms with E-state index in [1.165, 1.54) is 11.8 Å². The van der Waals surface area contributed by atoms with Gasteiger partial charge in [0.25, 0.3) is 0 Å². The molecule has 2 aromatic heterocycles. The first-order valence-corrected chi connectivity index (χ1v) is 9.11. The Hall–Kier alpha value is -1.37. The van der Waals surface area contributed by atoms with E-state index < -0.39 is 0 Å². The number of aliphatic hydroxyl groups excluding tert-OH is 1. The van der Waals surface area contributed by atoms with Crippen LogP contribution < -0.4 is 0 Å². The summed E-state index contributed by atoms with van der Waals surface area (Å²) in [6, 6.07) is 5.67. The van der Waals surface area contributed by atoms with Gasteiger partial charge in [0.15, 0.2) is 0 Å². The molecule has 0 fully saturated rings. The van der Waals surface area contributed by atoms with Crippen molar-refractivity contribution in [2.75, 3.05) is 12.4 Å². The summed E-state index contributed by atoms with van der Waals surface area (Å²) in [4.78, 5) is 19.4. The van der Waals surface area contributed by atoms with Crippen molar-refractivity contribution in [3.8, 4) is 0 Å². The van der Waals surface area contributed by atoms with Gasteiger partial charge in [-0.3, -0.25) is 9.78 Å². The van der Waals surface area contributed by atoms with Crippen LogP contribution in [0, 0.1) is 0 Å². The topological polar surface area (TPSA) is 53.4 Å². The van der Waals surface area contributed by atoms with Gasteiger partial charge in [0, 0.05) is 23.8 Å². The Morgan fingerprint density at radius 2 is 2.18 bits per heavy atom. The summed E-state index contributed by atoms with van der Waals surface area (Å²) in [5, 5.41) is 13.6. The lowest BCUT2D eigenvalue weighted by molar-refractivity contribution is -0.132. The van der Waals surface area contributed by atoms with Gasteiger partial charge in [-0.05, 0) is 40.9 Å². The highest BCUT2D eigenvalue weighted by molar-refractivity contribution is 8.00. The molecule has 1 atom stereocenters. The van der Waals surface area contributed by atoms with Crippen LogP contribution in [0.3, 0.4) is 0 Å². The summed E-state index contributed by atoms with van der Waals surface area (Å²) in [6.45, 7) is 2.54. The van der Waals surface area contributed by atoms with E-state index in [4.69, 9.17) is 0 Å². The fraction of sp³-hybridized carbons (Fsp3) is 0.375. The number of carbonyl (C=O) groups excluding carboxylic acids is 1. The van der Waals surface area contributed by atoms with Gasteiger partial charge in [-0.2, -0.15) is 11.3 Å². The summed E-state index contributed by atoms with van der Waals surface area (Å²) < 4.78 is 0. The van der Waals surface area contributed by atoms with Crippen molar-refractivity contribution in [1.29, 1.82) is 0 Å². The number of nitrogens with zero attached hydrogens (tertiary/aromatic N) is 2. The second kappa shape index (κ2) is 8.92. The summed E-state index contributed by atoms with van der Waals surface area (Å²) in [5.41, 5.74) is 1.11. The number of aliphatic hydroxyl groups is 1. The quantitative estimate of drug-likeness (QED) is 0.753. The molecule has 0 radical (unpaired) electrons. The Kier molecular flexibility index (Phi) is 6.89. The third-order valence-electron chi connectivity index (χ3n) is 3.39. The molecule has 2 aromatic rings. The SMILES string of the molecule is CC[C@@H](CO)N(Cc1ccsc1)C(=O)CSc1ccncc1. The lowest BCUT2D eigenvalue weighted by atomic mass is 10.2. The van der Waals surface area contributed by atoms with E-state index in [1.807, 2.05) is 35.9 Å². The Labute approximate surface area is 139 Å². The smallest absolute Gasteiger partial charge is 0.233 e. The number of amides is 1. The third kappa shape index (κ3) is 4.83. The molecule has 1 N–H and O–H groups in total. The Morgan fingerprint density at radius 3 is 2.77 bits per heavy atom.